The normalized spacial score (nSPS) is 28.4. The quantitative estimate of drug-likeness (QED) is 0.542. The molecule has 0 aromatic heterocycles. The lowest BCUT2D eigenvalue weighted by atomic mass is 9.83. The smallest absolute Gasteiger partial charge is 0.253 e. The number of piperazine rings is 1. The summed E-state index contributed by atoms with van der Waals surface area (Å²) in [5.41, 5.74) is -0.350. The summed E-state index contributed by atoms with van der Waals surface area (Å²) in [6, 6.07) is 5.18. The number of hydrogen-bond acceptors (Lipinski definition) is 6. The second kappa shape index (κ2) is 11.3. The van der Waals surface area contributed by atoms with Gasteiger partial charge in [0.1, 0.15) is 11.9 Å². The van der Waals surface area contributed by atoms with Gasteiger partial charge in [0.15, 0.2) is 0 Å². The number of halogens is 1. The van der Waals surface area contributed by atoms with Crippen LogP contribution in [0.25, 0.3) is 0 Å². The van der Waals surface area contributed by atoms with E-state index in [9.17, 15) is 23.6 Å². The first kappa shape index (κ1) is 28.1. The van der Waals surface area contributed by atoms with Crippen molar-refractivity contribution in [2.24, 2.45) is 0 Å². The van der Waals surface area contributed by atoms with E-state index in [4.69, 9.17) is 0 Å². The molecular formula is C30H41FN6O4. The summed E-state index contributed by atoms with van der Waals surface area (Å²) in [5, 5.41) is 3.36. The van der Waals surface area contributed by atoms with E-state index in [0.29, 0.717) is 64.2 Å². The van der Waals surface area contributed by atoms with Gasteiger partial charge in [-0.1, -0.05) is 0 Å². The number of rotatable bonds is 1. The molecule has 6 saturated heterocycles. The second-order valence-corrected chi connectivity index (χ2v) is 12.5. The fourth-order valence-corrected chi connectivity index (χ4v) is 7.51. The number of likely N-dealkylation sites (tertiary alicyclic amines) is 1. The Hall–Kier alpha value is -3.05. The van der Waals surface area contributed by atoms with Gasteiger partial charge in [-0.3, -0.25) is 29.0 Å². The molecule has 10 nitrogen and oxygen atoms in total. The van der Waals surface area contributed by atoms with Crippen LogP contribution in [-0.2, 0) is 14.4 Å². The van der Waals surface area contributed by atoms with Gasteiger partial charge < -0.3 is 20.0 Å². The zero-order valence-electron chi connectivity index (χ0n) is 23.9. The van der Waals surface area contributed by atoms with Crippen LogP contribution < -0.4 is 5.32 Å². The summed E-state index contributed by atoms with van der Waals surface area (Å²) >= 11 is 0. The van der Waals surface area contributed by atoms with Gasteiger partial charge in [0.2, 0.25) is 17.7 Å². The monoisotopic (exact) mass is 568 g/mol. The number of nitrogens with zero attached hydrogens (tertiary/aromatic N) is 5. The molecule has 0 unspecified atom stereocenters. The highest BCUT2D eigenvalue weighted by molar-refractivity contribution is 5.94. The van der Waals surface area contributed by atoms with Crippen LogP contribution in [0, 0.1) is 5.82 Å². The molecule has 222 valence electrons. The summed E-state index contributed by atoms with van der Waals surface area (Å²) in [5.74, 6) is -0.573. The number of likely N-dealkylation sites (N-methyl/N-ethyl adjacent to an activating group) is 1. The van der Waals surface area contributed by atoms with Crippen LogP contribution in [0.4, 0.5) is 4.39 Å². The van der Waals surface area contributed by atoms with Crippen molar-refractivity contribution in [1.29, 1.82) is 0 Å². The molecule has 6 fully saturated rings. The number of fused-ring (bicyclic) bond motifs is 4. The number of nitrogens with one attached hydrogen (secondary N) is 1. The SMILES string of the molecule is CN1CCN2C[C@@H]1C(=O)N1CCC(CC1)N1CCC[C@H]1C(=O)NC1(CCN(C(=O)c3ccc(F)cc3)CC1)CC2=O. The van der Waals surface area contributed by atoms with E-state index < -0.39 is 11.4 Å². The first-order chi connectivity index (χ1) is 19.7. The van der Waals surface area contributed by atoms with E-state index in [1.165, 1.54) is 24.3 Å². The summed E-state index contributed by atoms with van der Waals surface area (Å²) < 4.78 is 13.4. The Morgan fingerprint density at radius 1 is 0.878 bits per heavy atom. The average Bonchev–Trinajstić information content (AvgIpc) is 3.48. The topological polar surface area (TPSA) is 96.5 Å². The molecule has 0 radical (unpaired) electrons. The molecule has 41 heavy (non-hydrogen) atoms. The van der Waals surface area contributed by atoms with Gasteiger partial charge in [0.05, 0.1) is 18.0 Å². The molecule has 6 heterocycles. The van der Waals surface area contributed by atoms with Crippen molar-refractivity contribution >= 4 is 23.6 Å². The fraction of sp³-hybridized carbons (Fsp3) is 0.667. The van der Waals surface area contributed by atoms with E-state index in [1.807, 2.05) is 11.9 Å². The average molecular weight is 569 g/mol. The van der Waals surface area contributed by atoms with Gasteiger partial charge in [0, 0.05) is 57.4 Å². The maximum absolute atomic E-state index is 13.9. The highest BCUT2D eigenvalue weighted by Crippen LogP contribution is 2.32. The third-order valence-corrected chi connectivity index (χ3v) is 10.1. The van der Waals surface area contributed by atoms with Crippen molar-refractivity contribution in [2.75, 3.05) is 59.4 Å². The van der Waals surface area contributed by atoms with Crippen molar-refractivity contribution in [3.63, 3.8) is 0 Å². The number of benzene rings is 1. The van der Waals surface area contributed by atoms with Gasteiger partial charge in [-0.15, -0.1) is 0 Å². The summed E-state index contributed by atoms with van der Waals surface area (Å²) in [4.78, 5) is 64.3. The Bertz CT molecular complexity index is 1180. The van der Waals surface area contributed by atoms with Crippen LogP contribution in [0.3, 0.4) is 0 Å². The molecule has 7 rings (SSSR count). The van der Waals surface area contributed by atoms with E-state index in [0.717, 1.165) is 32.2 Å². The van der Waals surface area contributed by atoms with Crippen molar-refractivity contribution in [2.45, 2.75) is 68.6 Å². The van der Waals surface area contributed by atoms with E-state index in [1.54, 1.807) is 9.80 Å². The molecule has 0 saturated carbocycles. The van der Waals surface area contributed by atoms with Gasteiger partial charge in [-0.05, 0) is 76.4 Å². The van der Waals surface area contributed by atoms with Crippen LogP contribution in [0.5, 0.6) is 0 Å². The molecule has 6 aliphatic rings. The standard InChI is InChI=1S/C30H41FN6O4/c1-33-17-18-36-20-25(33)29(41)34-13-8-23(9-14-34)37-12-2-3-24(37)27(39)32-30(19-26(36)38)10-15-35(16-11-30)28(40)21-4-6-22(31)7-5-21/h4-7,23-25H,2-3,8-20H2,1H3,(H,32,39)/t24-,25+/m0/s1. The molecule has 1 aromatic carbocycles. The Kier molecular flexibility index (Phi) is 7.76. The highest BCUT2D eigenvalue weighted by Gasteiger charge is 2.46. The van der Waals surface area contributed by atoms with Crippen LogP contribution in [0.1, 0.15) is 55.3 Å². The maximum atomic E-state index is 13.9. The second-order valence-electron chi connectivity index (χ2n) is 12.5. The van der Waals surface area contributed by atoms with Gasteiger partial charge in [0.25, 0.3) is 5.91 Å². The van der Waals surface area contributed by atoms with Crippen LogP contribution >= 0.6 is 0 Å². The van der Waals surface area contributed by atoms with Crippen molar-refractivity contribution in [3.8, 4) is 0 Å². The largest absolute Gasteiger partial charge is 0.349 e. The minimum atomic E-state index is -0.771. The van der Waals surface area contributed by atoms with Gasteiger partial charge in [-0.25, -0.2) is 4.39 Å². The van der Waals surface area contributed by atoms with Crippen molar-refractivity contribution in [1.82, 2.24) is 29.8 Å². The van der Waals surface area contributed by atoms with E-state index in [2.05, 4.69) is 15.1 Å². The lowest BCUT2D eigenvalue weighted by molar-refractivity contribution is -0.144. The number of hydrogen-bond donors (Lipinski definition) is 1. The molecule has 1 aromatic rings. The van der Waals surface area contributed by atoms with Crippen molar-refractivity contribution in [3.05, 3.63) is 35.6 Å². The van der Waals surface area contributed by atoms with E-state index in [-0.39, 0.29) is 48.2 Å². The van der Waals surface area contributed by atoms with Gasteiger partial charge in [-0.2, -0.15) is 0 Å². The molecule has 2 atom stereocenters. The Balaban J connectivity index is 1.26. The molecule has 11 heteroatoms. The molecular weight excluding hydrogens is 527 g/mol. The number of carbonyl (C=O) groups is 4. The third kappa shape index (κ3) is 5.58. The minimum absolute atomic E-state index is 0.0294. The first-order valence-electron chi connectivity index (χ1n) is 15.1. The van der Waals surface area contributed by atoms with E-state index >= 15 is 0 Å². The lowest BCUT2D eigenvalue weighted by Gasteiger charge is -2.45. The zero-order chi connectivity index (χ0) is 28.7. The first-order valence-corrected chi connectivity index (χ1v) is 15.1. The van der Waals surface area contributed by atoms with Gasteiger partial charge >= 0.3 is 0 Å². The molecule has 1 N–H and O–H groups in total. The molecule has 0 aliphatic carbocycles. The van der Waals surface area contributed by atoms with Crippen LogP contribution in [0.2, 0.25) is 0 Å². The maximum Gasteiger partial charge on any atom is 0.253 e. The molecule has 1 spiro atoms. The predicted molar refractivity (Wildman–Crippen MR) is 149 cm³/mol. The molecule has 6 aliphatic heterocycles. The summed E-state index contributed by atoms with van der Waals surface area (Å²) in [6.07, 6.45) is 4.48. The zero-order valence-corrected chi connectivity index (χ0v) is 23.9. The van der Waals surface area contributed by atoms with Crippen LogP contribution in [-0.4, -0.2) is 131 Å². The predicted octanol–water partition coefficient (Wildman–Crippen LogP) is 0.918. The number of piperidine rings is 2. The fourth-order valence-electron chi connectivity index (χ4n) is 7.51. The Morgan fingerprint density at radius 3 is 2.29 bits per heavy atom. The lowest BCUT2D eigenvalue weighted by Crippen LogP contribution is -2.62. The highest BCUT2D eigenvalue weighted by atomic mass is 19.1. The summed E-state index contributed by atoms with van der Waals surface area (Å²) in [6.45, 7) is 4.50. The van der Waals surface area contributed by atoms with Crippen molar-refractivity contribution < 1.29 is 23.6 Å². The Labute approximate surface area is 240 Å². The van der Waals surface area contributed by atoms with Crippen LogP contribution in [0.15, 0.2) is 24.3 Å². The number of carbonyl (C=O) groups excluding carboxylic acids is 4. The third-order valence-electron chi connectivity index (χ3n) is 10.1. The minimum Gasteiger partial charge on any atom is -0.349 e. The number of amides is 4. The summed E-state index contributed by atoms with van der Waals surface area (Å²) in [7, 11) is 1.95. The Morgan fingerprint density at radius 2 is 1.59 bits per heavy atom. The molecule has 4 bridgehead atoms. The molecule has 4 amide bonds.